The molecule has 0 saturated carbocycles. The molecule has 0 aliphatic rings. The molecule has 14 heavy (non-hydrogen) atoms. The molecular formula is C12H28N2. The van der Waals surface area contributed by atoms with Gasteiger partial charge in [-0.3, -0.25) is 0 Å². The zero-order chi connectivity index (χ0) is 11.2. The molecule has 0 aliphatic heterocycles. The standard InChI is InChI=1S/C12H28N2/c1-6-14(9-11(2)3)8-7-12(4,5)10-13/h11H,6-10,13H2,1-5H3. The molecule has 2 nitrogen and oxygen atoms in total. The Labute approximate surface area is 89.9 Å². The summed E-state index contributed by atoms with van der Waals surface area (Å²) in [5, 5.41) is 0. The largest absolute Gasteiger partial charge is 0.330 e. The van der Waals surface area contributed by atoms with E-state index in [0.717, 1.165) is 19.0 Å². The number of hydrogen-bond donors (Lipinski definition) is 1. The summed E-state index contributed by atoms with van der Waals surface area (Å²) in [6.45, 7) is 15.6. The number of nitrogens with zero attached hydrogens (tertiary/aromatic N) is 1. The summed E-state index contributed by atoms with van der Waals surface area (Å²) in [7, 11) is 0. The Bertz CT molecular complexity index is 141. The van der Waals surface area contributed by atoms with Gasteiger partial charge in [0.05, 0.1) is 0 Å². The molecule has 0 aromatic rings. The molecule has 2 N–H and O–H groups in total. The quantitative estimate of drug-likeness (QED) is 0.683. The van der Waals surface area contributed by atoms with Crippen molar-refractivity contribution in [3.05, 3.63) is 0 Å². The first-order valence-electron chi connectivity index (χ1n) is 5.83. The number of rotatable bonds is 7. The fourth-order valence-corrected chi connectivity index (χ4v) is 1.46. The molecule has 0 rings (SSSR count). The molecule has 0 bridgehead atoms. The second-order valence-corrected chi connectivity index (χ2v) is 5.41. The van der Waals surface area contributed by atoms with Crippen molar-refractivity contribution in [1.29, 1.82) is 0 Å². The van der Waals surface area contributed by atoms with E-state index in [1.807, 2.05) is 0 Å². The van der Waals surface area contributed by atoms with Gasteiger partial charge in [-0.2, -0.15) is 0 Å². The van der Waals surface area contributed by atoms with Crippen LogP contribution in [0.2, 0.25) is 0 Å². The smallest absolute Gasteiger partial charge is 0.000427 e. The Morgan fingerprint density at radius 3 is 2.21 bits per heavy atom. The molecule has 2 heteroatoms. The fourth-order valence-electron chi connectivity index (χ4n) is 1.46. The molecule has 0 radical (unpaired) electrons. The molecule has 0 aromatic heterocycles. The van der Waals surface area contributed by atoms with Crippen molar-refractivity contribution in [3.8, 4) is 0 Å². The summed E-state index contributed by atoms with van der Waals surface area (Å²) in [4.78, 5) is 2.52. The van der Waals surface area contributed by atoms with Gasteiger partial charge in [-0.25, -0.2) is 0 Å². The first kappa shape index (κ1) is 13.9. The molecule has 0 aliphatic carbocycles. The van der Waals surface area contributed by atoms with Gasteiger partial charge in [0.1, 0.15) is 0 Å². The molecule has 0 fully saturated rings. The molecule has 0 saturated heterocycles. The third-order valence-electron chi connectivity index (χ3n) is 2.73. The van der Waals surface area contributed by atoms with Gasteiger partial charge >= 0.3 is 0 Å². The maximum atomic E-state index is 5.72. The zero-order valence-corrected chi connectivity index (χ0v) is 10.6. The monoisotopic (exact) mass is 200 g/mol. The Morgan fingerprint density at radius 2 is 1.86 bits per heavy atom. The minimum atomic E-state index is 0.296. The predicted molar refractivity (Wildman–Crippen MR) is 64.4 cm³/mol. The average Bonchev–Trinajstić information content (AvgIpc) is 2.12. The van der Waals surface area contributed by atoms with Crippen molar-refractivity contribution in [2.45, 2.75) is 41.0 Å². The van der Waals surface area contributed by atoms with Crippen LogP contribution in [0.3, 0.4) is 0 Å². The summed E-state index contributed by atoms with van der Waals surface area (Å²) < 4.78 is 0. The summed E-state index contributed by atoms with van der Waals surface area (Å²) in [5.74, 6) is 0.760. The molecule has 0 amide bonds. The molecule has 0 atom stereocenters. The van der Waals surface area contributed by atoms with Crippen LogP contribution in [-0.4, -0.2) is 31.1 Å². The van der Waals surface area contributed by atoms with Gasteiger partial charge in [-0.05, 0) is 37.4 Å². The van der Waals surface area contributed by atoms with E-state index in [2.05, 4.69) is 39.5 Å². The van der Waals surface area contributed by atoms with E-state index in [4.69, 9.17) is 5.73 Å². The topological polar surface area (TPSA) is 29.3 Å². The highest BCUT2D eigenvalue weighted by Crippen LogP contribution is 2.18. The third kappa shape index (κ3) is 6.39. The van der Waals surface area contributed by atoms with Crippen LogP contribution in [-0.2, 0) is 0 Å². The van der Waals surface area contributed by atoms with Crippen LogP contribution >= 0.6 is 0 Å². The van der Waals surface area contributed by atoms with Gasteiger partial charge in [0.2, 0.25) is 0 Å². The van der Waals surface area contributed by atoms with Crippen LogP contribution in [0.15, 0.2) is 0 Å². The van der Waals surface area contributed by atoms with Gasteiger partial charge in [0.15, 0.2) is 0 Å². The second kappa shape index (κ2) is 6.41. The van der Waals surface area contributed by atoms with E-state index in [1.54, 1.807) is 0 Å². The first-order valence-corrected chi connectivity index (χ1v) is 5.83. The normalized spacial score (nSPS) is 12.9. The lowest BCUT2D eigenvalue weighted by Gasteiger charge is -2.28. The van der Waals surface area contributed by atoms with E-state index >= 15 is 0 Å². The predicted octanol–water partition coefficient (Wildman–Crippen LogP) is 2.34. The molecule has 0 aromatic carbocycles. The SMILES string of the molecule is CCN(CCC(C)(C)CN)CC(C)C. The van der Waals surface area contributed by atoms with Crippen molar-refractivity contribution < 1.29 is 0 Å². The van der Waals surface area contributed by atoms with Crippen molar-refractivity contribution in [2.75, 3.05) is 26.2 Å². The van der Waals surface area contributed by atoms with Gasteiger partial charge in [-0.1, -0.05) is 34.6 Å². The summed E-state index contributed by atoms with van der Waals surface area (Å²) in [6, 6.07) is 0. The van der Waals surface area contributed by atoms with E-state index in [9.17, 15) is 0 Å². The fraction of sp³-hybridized carbons (Fsp3) is 1.00. The highest BCUT2D eigenvalue weighted by molar-refractivity contribution is 4.71. The summed E-state index contributed by atoms with van der Waals surface area (Å²) in [5.41, 5.74) is 6.01. The van der Waals surface area contributed by atoms with E-state index < -0.39 is 0 Å². The molecule has 0 heterocycles. The third-order valence-corrected chi connectivity index (χ3v) is 2.73. The summed E-state index contributed by atoms with van der Waals surface area (Å²) >= 11 is 0. The Hall–Kier alpha value is -0.0800. The van der Waals surface area contributed by atoms with Crippen LogP contribution < -0.4 is 5.73 Å². The molecule has 0 spiro atoms. The van der Waals surface area contributed by atoms with E-state index in [-0.39, 0.29) is 0 Å². The lowest BCUT2D eigenvalue weighted by molar-refractivity contribution is 0.211. The Balaban J connectivity index is 3.83. The van der Waals surface area contributed by atoms with Crippen molar-refractivity contribution >= 4 is 0 Å². The first-order chi connectivity index (χ1) is 6.41. The van der Waals surface area contributed by atoms with E-state index in [1.165, 1.54) is 19.5 Å². The molecule has 0 unspecified atom stereocenters. The van der Waals surface area contributed by atoms with Crippen LogP contribution in [0.4, 0.5) is 0 Å². The maximum absolute atomic E-state index is 5.72. The van der Waals surface area contributed by atoms with Gasteiger partial charge in [-0.15, -0.1) is 0 Å². The second-order valence-electron chi connectivity index (χ2n) is 5.41. The molecular weight excluding hydrogens is 172 g/mol. The minimum absolute atomic E-state index is 0.296. The minimum Gasteiger partial charge on any atom is -0.330 e. The van der Waals surface area contributed by atoms with Gasteiger partial charge in [0.25, 0.3) is 0 Å². The van der Waals surface area contributed by atoms with Gasteiger partial charge < -0.3 is 10.6 Å². The molecule has 86 valence electrons. The van der Waals surface area contributed by atoms with Crippen molar-refractivity contribution in [2.24, 2.45) is 17.1 Å². The van der Waals surface area contributed by atoms with E-state index in [0.29, 0.717) is 5.41 Å². The average molecular weight is 200 g/mol. The zero-order valence-electron chi connectivity index (χ0n) is 10.6. The van der Waals surface area contributed by atoms with Crippen LogP contribution in [0, 0.1) is 11.3 Å². The number of hydrogen-bond acceptors (Lipinski definition) is 2. The highest BCUT2D eigenvalue weighted by Gasteiger charge is 2.16. The highest BCUT2D eigenvalue weighted by atomic mass is 15.1. The van der Waals surface area contributed by atoms with Gasteiger partial charge in [0, 0.05) is 6.54 Å². The van der Waals surface area contributed by atoms with Crippen LogP contribution in [0.5, 0.6) is 0 Å². The van der Waals surface area contributed by atoms with Crippen molar-refractivity contribution in [3.63, 3.8) is 0 Å². The lowest BCUT2D eigenvalue weighted by atomic mass is 9.89. The number of nitrogens with two attached hydrogens (primary N) is 1. The lowest BCUT2D eigenvalue weighted by Crippen LogP contribution is -2.33. The Morgan fingerprint density at radius 1 is 1.29 bits per heavy atom. The van der Waals surface area contributed by atoms with Crippen molar-refractivity contribution in [1.82, 2.24) is 4.90 Å². The Kier molecular flexibility index (Phi) is 6.38. The summed E-state index contributed by atoms with van der Waals surface area (Å²) in [6.07, 6.45) is 1.20. The maximum Gasteiger partial charge on any atom is 0.000427 e. The van der Waals surface area contributed by atoms with Crippen LogP contribution in [0.1, 0.15) is 41.0 Å². The van der Waals surface area contributed by atoms with Crippen LogP contribution in [0.25, 0.3) is 0 Å².